The van der Waals surface area contributed by atoms with Crippen molar-refractivity contribution in [3.05, 3.63) is 64.4 Å². The van der Waals surface area contributed by atoms with Crippen LogP contribution in [0.25, 0.3) is 0 Å². The van der Waals surface area contributed by atoms with Crippen molar-refractivity contribution in [2.24, 2.45) is 0 Å². The van der Waals surface area contributed by atoms with Gasteiger partial charge in [0.25, 0.3) is 5.91 Å². The van der Waals surface area contributed by atoms with Crippen molar-refractivity contribution in [1.29, 1.82) is 0 Å². The maximum Gasteiger partial charge on any atom is 0.269 e. The number of carbonyl (C=O) groups excluding carboxylic acids is 2. The second-order valence-corrected chi connectivity index (χ2v) is 4.84. The van der Waals surface area contributed by atoms with Gasteiger partial charge in [0.05, 0.1) is 6.42 Å². The summed E-state index contributed by atoms with van der Waals surface area (Å²) in [6.07, 6.45) is -0.314. The molecule has 0 heterocycles. The Labute approximate surface area is 130 Å². The van der Waals surface area contributed by atoms with E-state index in [1.165, 1.54) is 42.5 Å². The highest BCUT2D eigenvalue weighted by atomic mass is 35.5. The zero-order chi connectivity index (χ0) is 16.1. The number of aromatic hydroxyl groups is 1. The third-order valence-electron chi connectivity index (χ3n) is 2.82. The molecule has 114 valence electrons. The average Bonchev–Trinajstić information content (AvgIpc) is 2.48. The summed E-state index contributed by atoms with van der Waals surface area (Å²) in [6.45, 7) is 0. The number of carbonyl (C=O) groups is 2. The normalized spacial score (nSPS) is 10.1. The van der Waals surface area contributed by atoms with Gasteiger partial charge in [0.1, 0.15) is 11.6 Å². The molecular formula is C15H12ClFN2O3. The van der Waals surface area contributed by atoms with Gasteiger partial charge in [-0.2, -0.15) is 0 Å². The lowest BCUT2D eigenvalue weighted by Crippen LogP contribution is -2.42. The first-order valence-electron chi connectivity index (χ1n) is 6.28. The minimum absolute atomic E-state index is 0.0493. The number of hydrogen-bond acceptors (Lipinski definition) is 3. The Morgan fingerprint density at radius 2 is 1.86 bits per heavy atom. The predicted octanol–water partition coefficient (Wildman–Crippen LogP) is 2.19. The van der Waals surface area contributed by atoms with Crippen LogP contribution in [0, 0.1) is 5.82 Å². The fourth-order valence-electron chi connectivity index (χ4n) is 1.75. The van der Waals surface area contributed by atoms with Crippen molar-refractivity contribution in [3.63, 3.8) is 0 Å². The van der Waals surface area contributed by atoms with Gasteiger partial charge in [-0.15, -0.1) is 0 Å². The Kier molecular flexibility index (Phi) is 4.95. The lowest BCUT2D eigenvalue weighted by molar-refractivity contribution is -0.121. The minimum Gasteiger partial charge on any atom is -0.508 e. The van der Waals surface area contributed by atoms with Crippen molar-refractivity contribution in [3.8, 4) is 5.75 Å². The van der Waals surface area contributed by atoms with E-state index in [0.29, 0.717) is 0 Å². The summed E-state index contributed by atoms with van der Waals surface area (Å²) in [6, 6.07) is 9.71. The monoisotopic (exact) mass is 322 g/mol. The number of benzene rings is 2. The van der Waals surface area contributed by atoms with E-state index in [9.17, 15) is 19.1 Å². The highest BCUT2D eigenvalue weighted by Crippen LogP contribution is 2.19. The quantitative estimate of drug-likeness (QED) is 0.758. The van der Waals surface area contributed by atoms with E-state index in [2.05, 4.69) is 10.9 Å². The van der Waals surface area contributed by atoms with Crippen molar-refractivity contribution in [2.45, 2.75) is 6.42 Å². The summed E-state index contributed by atoms with van der Waals surface area (Å²) in [7, 11) is 0. The Bertz CT molecular complexity index is 701. The summed E-state index contributed by atoms with van der Waals surface area (Å²) < 4.78 is 13.5. The van der Waals surface area contributed by atoms with Crippen LogP contribution in [0.4, 0.5) is 4.39 Å². The summed E-state index contributed by atoms with van der Waals surface area (Å²) >= 11 is 5.81. The molecule has 0 aliphatic heterocycles. The van der Waals surface area contributed by atoms with Gasteiger partial charge >= 0.3 is 0 Å². The highest BCUT2D eigenvalue weighted by Gasteiger charge is 2.13. The first-order valence-corrected chi connectivity index (χ1v) is 6.66. The van der Waals surface area contributed by atoms with Crippen LogP contribution in [0.1, 0.15) is 15.9 Å². The van der Waals surface area contributed by atoms with Gasteiger partial charge < -0.3 is 5.11 Å². The van der Waals surface area contributed by atoms with Crippen LogP contribution in [-0.2, 0) is 11.2 Å². The van der Waals surface area contributed by atoms with E-state index in [0.717, 1.165) is 0 Å². The van der Waals surface area contributed by atoms with Crippen LogP contribution < -0.4 is 10.9 Å². The van der Waals surface area contributed by atoms with E-state index in [1.807, 2.05) is 0 Å². The number of amides is 2. The molecule has 0 fully saturated rings. The van der Waals surface area contributed by atoms with Crippen molar-refractivity contribution in [1.82, 2.24) is 10.9 Å². The van der Waals surface area contributed by atoms with Gasteiger partial charge in [0.2, 0.25) is 5.91 Å². The SMILES string of the molecule is O=C(Cc1c(F)cccc1Cl)NNC(=O)c1cccc(O)c1. The molecule has 2 aromatic rings. The summed E-state index contributed by atoms with van der Waals surface area (Å²) in [5, 5.41) is 9.41. The maximum atomic E-state index is 13.5. The number of nitrogens with one attached hydrogen (secondary N) is 2. The summed E-state index contributed by atoms with van der Waals surface area (Å²) in [4.78, 5) is 23.5. The molecule has 7 heteroatoms. The Balaban J connectivity index is 1.94. The second kappa shape index (κ2) is 6.91. The van der Waals surface area contributed by atoms with Crippen LogP contribution in [0.5, 0.6) is 5.75 Å². The standard InChI is InChI=1S/C15H12ClFN2O3/c16-12-5-2-6-13(17)11(12)8-14(21)18-19-15(22)9-3-1-4-10(20)7-9/h1-7,20H,8H2,(H,18,21)(H,19,22). The molecule has 0 atom stereocenters. The minimum atomic E-state index is -0.625. The van der Waals surface area contributed by atoms with E-state index < -0.39 is 17.6 Å². The van der Waals surface area contributed by atoms with E-state index >= 15 is 0 Å². The molecule has 2 aromatic carbocycles. The lowest BCUT2D eigenvalue weighted by atomic mass is 10.1. The fraction of sp³-hybridized carbons (Fsp3) is 0.0667. The van der Waals surface area contributed by atoms with E-state index in [4.69, 9.17) is 11.6 Å². The zero-order valence-corrected chi connectivity index (χ0v) is 12.0. The number of hydrazine groups is 1. The number of hydrogen-bond donors (Lipinski definition) is 3. The van der Waals surface area contributed by atoms with Gasteiger partial charge in [0, 0.05) is 16.1 Å². The molecule has 0 spiro atoms. The topological polar surface area (TPSA) is 78.4 Å². The van der Waals surface area contributed by atoms with Gasteiger partial charge in [-0.1, -0.05) is 23.7 Å². The number of halogens is 2. The van der Waals surface area contributed by atoms with Crippen LogP contribution in [0.2, 0.25) is 5.02 Å². The molecule has 22 heavy (non-hydrogen) atoms. The Morgan fingerprint density at radius 1 is 1.14 bits per heavy atom. The molecule has 2 amide bonds. The van der Waals surface area contributed by atoms with Crippen LogP contribution in [0.3, 0.4) is 0 Å². The summed E-state index contributed by atoms with van der Waals surface area (Å²) in [5.74, 6) is -1.90. The van der Waals surface area contributed by atoms with Crippen LogP contribution in [0.15, 0.2) is 42.5 Å². The van der Waals surface area contributed by atoms with Crippen LogP contribution >= 0.6 is 11.6 Å². The van der Waals surface area contributed by atoms with Crippen molar-refractivity contribution in [2.75, 3.05) is 0 Å². The average molecular weight is 323 g/mol. The van der Waals surface area contributed by atoms with Crippen LogP contribution in [-0.4, -0.2) is 16.9 Å². The molecule has 0 saturated carbocycles. The third-order valence-corrected chi connectivity index (χ3v) is 3.18. The lowest BCUT2D eigenvalue weighted by Gasteiger charge is -2.09. The molecule has 0 saturated heterocycles. The van der Waals surface area contributed by atoms with E-state index in [1.54, 1.807) is 0 Å². The smallest absolute Gasteiger partial charge is 0.269 e. The number of phenolic OH excluding ortho intramolecular Hbond substituents is 1. The van der Waals surface area contributed by atoms with Crippen molar-refractivity contribution >= 4 is 23.4 Å². The molecule has 0 aromatic heterocycles. The second-order valence-electron chi connectivity index (χ2n) is 4.43. The maximum absolute atomic E-state index is 13.5. The Morgan fingerprint density at radius 3 is 2.55 bits per heavy atom. The number of rotatable bonds is 3. The molecule has 0 aliphatic rings. The molecule has 0 bridgehead atoms. The molecule has 5 nitrogen and oxygen atoms in total. The first-order chi connectivity index (χ1) is 10.5. The molecule has 3 N–H and O–H groups in total. The van der Waals surface area contributed by atoms with Gasteiger partial charge in [0.15, 0.2) is 0 Å². The molecule has 0 unspecified atom stereocenters. The first kappa shape index (κ1) is 15.8. The molecule has 2 rings (SSSR count). The Hall–Kier alpha value is -2.60. The van der Waals surface area contributed by atoms with E-state index in [-0.39, 0.29) is 28.3 Å². The van der Waals surface area contributed by atoms with Crippen molar-refractivity contribution < 1.29 is 19.1 Å². The molecule has 0 radical (unpaired) electrons. The zero-order valence-electron chi connectivity index (χ0n) is 11.3. The third kappa shape index (κ3) is 3.95. The fourth-order valence-corrected chi connectivity index (χ4v) is 1.98. The van der Waals surface area contributed by atoms with Gasteiger partial charge in [-0.25, -0.2) is 4.39 Å². The number of phenols is 1. The highest BCUT2D eigenvalue weighted by molar-refractivity contribution is 6.31. The molecular weight excluding hydrogens is 311 g/mol. The largest absolute Gasteiger partial charge is 0.508 e. The van der Waals surface area contributed by atoms with Gasteiger partial charge in [-0.3, -0.25) is 20.4 Å². The summed E-state index contributed by atoms with van der Waals surface area (Å²) in [5.41, 5.74) is 4.55. The predicted molar refractivity (Wildman–Crippen MR) is 78.8 cm³/mol. The molecule has 0 aliphatic carbocycles. The van der Waals surface area contributed by atoms with Gasteiger partial charge in [-0.05, 0) is 30.3 Å².